The van der Waals surface area contributed by atoms with Crippen LogP contribution in [0.1, 0.15) is 46.5 Å². The van der Waals surface area contributed by atoms with E-state index in [1.807, 2.05) is 6.92 Å². The maximum absolute atomic E-state index is 14.2. The van der Waals surface area contributed by atoms with Gasteiger partial charge in [-0.2, -0.15) is 0 Å². The molecule has 0 bridgehead atoms. The Morgan fingerprint density at radius 3 is 2.68 bits per heavy atom. The van der Waals surface area contributed by atoms with Crippen molar-refractivity contribution in [2.75, 3.05) is 23.7 Å². The average molecular weight is 507 g/mol. The molecule has 0 fully saturated rings. The predicted octanol–water partition coefficient (Wildman–Crippen LogP) is 4.80. The summed E-state index contributed by atoms with van der Waals surface area (Å²) in [4.78, 5) is 12.4. The summed E-state index contributed by atoms with van der Waals surface area (Å²) < 4.78 is 55.9. The van der Waals surface area contributed by atoms with Crippen LogP contribution in [0, 0.1) is 11.3 Å². The van der Waals surface area contributed by atoms with Gasteiger partial charge in [0.15, 0.2) is 0 Å². The number of ether oxygens (including phenoxy) is 1. The molecule has 13 heteroatoms. The molecule has 8 nitrogen and oxygen atoms in total. The Morgan fingerprint density at radius 1 is 1.32 bits per heavy atom. The number of nitrogens with zero attached hydrogens (tertiary/aromatic N) is 2. The molecule has 1 aliphatic carbocycles. The highest BCUT2D eigenvalue weighted by molar-refractivity contribution is 7.19. The minimum Gasteiger partial charge on any atom is -0.357 e. The third-order valence-electron chi connectivity index (χ3n) is 5.19. The lowest BCUT2D eigenvalue weighted by Gasteiger charge is -2.27. The van der Waals surface area contributed by atoms with Crippen LogP contribution in [0.15, 0.2) is 23.6 Å². The Labute approximate surface area is 199 Å². The van der Waals surface area contributed by atoms with Gasteiger partial charge in [-0.3, -0.25) is 9.53 Å². The number of nitrogens with one attached hydrogen (secondary N) is 4. The van der Waals surface area contributed by atoms with Gasteiger partial charge in [-0.15, -0.1) is 23.4 Å². The monoisotopic (exact) mass is 506 g/mol. The quantitative estimate of drug-likeness (QED) is 0.174. The van der Waals surface area contributed by atoms with E-state index in [4.69, 9.17) is 5.41 Å². The highest BCUT2D eigenvalue weighted by Gasteiger charge is 2.37. The second-order valence-electron chi connectivity index (χ2n) is 8.04. The number of alkyl halides is 3. The molecule has 1 aliphatic rings. The van der Waals surface area contributed by atoms with E-state index < -0.39 is 36.5 Å². The minimum absolute atomic E-state index is 0.0741. The molecule has 1 aromatic heterocycles. The smallest absolute Gasteiger partial charge is 0.357 e. The van der Waals surface area contributed by atoms with E-state index in [-0.39, 0.29) is 16.7 Å². The second-order valence-corrected chi connectivity index (χ2v) is 9.01. The first-order valence-electron chi connectivity index (χ1n) is 10.9. The van der Waals surface area contributed by atoms with Crippen molar-refractivity contribution >= 4 is 33.2 Å². The number of rotatable bonds is 13. The zero-order chi connectivity index (χ0) is 25.3. The van der Waals surface area contributed by atoms with Gasteiger partial charge in [-0.1, -0.05) is 31.3 Å². The molecule has 1 heterocycles. The van der Waals surface area contributed by atoms with Crippen LogP contribution in [-0.4, -0.2) is 53.4 Å². The number of aromatic nitrogens is 2. The molecule has 0 saturated heterocycles. The predicted molar refractivity (Wildman–Crippen MR) is 124 cm³/mol. The summed E-state index contributed by atoms with van der Waals surface area (Å²) in [5.74, 6) is -2.33. The topological polar surface area (TPSA) is 112 Å². The van der Waals surface area contributed by atoms with Crippen molar-refractivity contribution < 1.29 is 27.1 Å². The van der Waals surface area contributed by atoms with Crippen molar-refractivity contribution in [2.45, 2.75) is 65.0 Å². The second kappa shape index (κ2) is 12.9. The van der Waals surface area contributed by atoms with Crippen molar-refractivity contribution in [2.24, 2.45) is 5.92 Å². The van der Waals surface area contributed by atoms with Crippen LogP contribution in [0.5, 0.6) is 0 Å². The van der Waals surface area contributed by atoms with Gasteiger partial charge in [-0.05, 0) is 44.4 Å². The Balaban J connectivity index is 1.86. The number of hydrogen-bond acceptors (Lipinski definition) is 8. The van der Waals surface area contributed by atoms with Gasteiger partial charge in [0.2, 0.25) is 16.2 Å². The van der Waals surface area contributed by atoms with Crippen molar-refractivity contribution in [3.05, 3.63) is 23.6 Å². The fourth-order valence-corrected chi connectivity index (χ4v) is 4.12. The van der Waals surface area contributed by atoms with E-state index in [9.17, 15) is 22.4 Å². The van der Waals surface area contributed by atoms with Gasteiger partial charge < -0.3 is 21.4 Å². The lowest BCUT2D eigenvalue weighted by molar-refractivity contribution is -0.340. The molecule has 3 atom stereocenters. The number of allylic oxidation sites excluding steroid dienone is 2. The summed E-state index contributed by atoms with van der Waals surface area (Å²) in [6, 6.07) is 0.152. The van der Waals surface area contributed by atoms with E-state index in [0.29, 0.717) is 17.4 Å². The summed E-state index contributed by atoms with van der Waals surface area (Å²) in [7, 11) is 0. The van der Waals surface area contributed by atoms with Crippen LogP contribution >= 0.6 is 11.3 Å². The van der Waals surface area contributed by atoms with Crippen molar-refractivity contribution in [3.8, 4) is 0 Å². The Morgan fingerprint density at radius 2 is 2.03 bits per heavy atom. The zero-order valence-corrected chi connectivity index (χ0v) is 20.1. The third kappa shape index (κ3) is 9.47. The Bertz CT molecular complexity index is 902. The molecule has 34 heavy (non-hydrogen) atoms. The number of carbonyl (C=O) groups is 1. The summed E-state index contributed by atoms with van der Waals surface area (Å²) in [6.07, 6.45) is -2.19. The fourth-order valence-electron chi connectivity index (χ4n) is 3.38. The summed E-state index contributed by atoms with van der Waals surface area (Å²) >= 11 is 1.12. The molecule has 0 saturated carbocycles. The Hall–Kier alpha value is -2.38. The van der Waals surface area contributed by atoms with Crippen LogP contribution < -0.4 is 16.0 Å². The average Bonchev–Trinajstić information content (AvgIpc) is 3.17. The van der Waals surface area contributed by atoms with Crippen molar-refractivity contribution in [1.29, 1.82) is 5.41 Å². The largest absolute Gasteiger partial charge is 0.523 e. The van der Waals surface area contributed by atoms with Gasteiger partial charge in [0.25, 0.3) is 0 Å². The SMILES string of the molecule is CCC(CCCNCC(C)=N)Nc1nnc(NC(=O)CC2=C(F)C=CC(OC(F)(F)F)C2C)s1. The summed E-state index contributed by atoms with van der Waals surface area (Å²) in [6.45, 7) is 6.51. The van der Waals surface area contributed by atoms with Crippen molar-refractivity contribution in [1.82, 2.24) is 15.5 Å². The molecule has 0 radical (unpaired) electrons. The van der Waals surface area contributed by atoms with Gasteiger partial charge >= 0.3 is 6.36 Å². The van der Waals surface area contributed by atoms with Crippen LogP contribution in [0.25, 0.3) is 0 Å². The first kappa shape index (κ1) is 27.9. The van der Waals surface area contributed by atoms with E-state index >= 15 is 0 Å². The highest BCUT2D eigenvalue weighted by Crippen LogP contribution is 2.34. The first-order chi connectivity index (χ1) is 16.0. The minimum atomic E-state index is -4.87. The molecule has 2 rings (SSSR count). The molecule has 0 spiro atoms. The molecule has 0 aromatic carbocycles. The first-order valence-corrected chi connectivity index (χ1v) is 11.8. The van der Waals surface area contributed by atoms with Gasteiger partial charge in [0, 0.05) is 24.2 Å². The van der Waals surface area contributed by atoms with E-state index in [0.717, 1.165) is 49.3 Å². The third-order valence-corrected chi connectivity index (χ3v) is 5.96. The fraction of sp³-hybridized carbons (Fsp3) is 0.619. The number of halogens is 4. The van der Waals surface area contributed by atoms with Gasteiger partial charge in [0.1, 0.15) is 5.83 Å². The van der Waals surface area contributed by atoms with Crippen LogP contribution in [-0.2, 0) is 9.53 Å². The number of hydrogen-bond donors (Lipinski definition) is 4. The standard InChI is InChI=1S/C21H30F4N6O2S/c1-4-14(6-5-9-27-11-12(2)26)28-19-30-31-20(34-19)29-18(32)10-15-13(3)17(8-7-16(15)22)33-21(23,24)25/h7-8,13-14,17,26-27H,4-6,9-11H2,1-3H3,(H,28,30)(H,29,31,32). The van der Waals surface area contributed by atoms with E-state index in [2.05, 4.69) is 30.9 Å². The number of anilines is 2. The van der Waals surface area contributed by atoms with Crippen LogP contribution in [0.4, 0.5) is 27.8 Å². The maximum atomic E-state index is 14.2. The molecule has 0 aliphatic heterocycles. The summed E-state index contributed by atoms with van der Waals surface area (Å²) in [5, 5.41) is 25.0. The lowest BCUT2D eigenvalue weighted by Crippen LogP contribution is -2.31. The maximum Gasteiger partial charge on any atom is 0.523 e. The Kier molecular flexibility index (Phi) is 10.6. The molecule has 190 valence electrons. The van der Waals surface area contributed by atoms with E-state index in [1.54, 1.807) is 6.92 Å². The van der Waals surface area contributed by atoms with Gasteiger partial charge in [0.05, 0.1) is 12.5 Å². The molecular weight excluding hydrogens is 476 g/mol. The summed E-state index contributed by atoms with van der Waals surface area (Å²) in [5.41, 5.74) is 0.506. The van der Waals surface area contributed by atoms with Crippen LogP contribution in [0.3, 0.4) is 0 Å². The highest BCUT2D eigenvalue weighted by atomic mass is 32.1. The molecule has 1 aromatic rings. The number of amides is 1. The number of carbonyl (C=O) groups excluding carboxylic acids is 1. The van der Waals surface area contributed by atoms with Crippen molar-refractivity contribution in [3.63, 3.8) is 0 Å². The zero-order valence-electron chi connectivity index (χ0n) is 19.3. The van der Waals surface area contributed by atoms with Gasteiger partial charge in [-0.25, -0.2) is 4.39 Å². The molecule has 1 amide bonds. The normalized spacial score (nSPS) is 19.3. The molecular formula is C21H30F4N6O2S. The van der Waals surface area contributed by atoms with Crippen LogP contribution in [0.2, 0.25) is 0 Å². The lowest BCUT2D eigenvalue weighted by atomic mass is 9.88. The molecule has 4 N–H and O–H groups in total. The van der Waals surface area contributed by atoms with E-state index in [1.165, 1.54) is 6.92 Å². The molecule has 3 unspecified atom stereocenters.